The summed E-state index contributed by atoms with van der Waals surface area (Å²) >= 11 is 0. The first kappa shape index (κ1) is 20.0. The summed E-state index contributed by atoms with van der Waals surface area (Å²) < 4.78 is 12.5. The van der Waals surface area contributed by atoms with E-state index in [4.69, 9.17) is 9.47 Å². The van der Waals surface area contributed by atoms with Crippen LogP contribution in [0.25, 0.3) is 16.9 Å². The minimum absolute atomic E-state index is 0.140. The van der Waals surface area contributed by atoms with Gasteiger partial charge in [0.2, 0.25) is 0 Å². The highest BCUT2D eigenvalue weighted by molar-refractivity contribution is 5.94. The Morgan fingerprint density at radius 2 is 2.03 bits per heavy atom. The predicted molar refractivity (Wildman–Crippen MR) is 119 cm³/mol. The van der Waals surface area contributed by atoms with Gasteiger partial charge < -0.3 is 14.8 Å². The van der Waals surface area contributed by atoms with Gasteiger partial charge in [0.05, 0.1) is 18.8 Å². The summed E-state index contributed by atoms with van der Waals surface area (Å²) in [7, 11) is 1.64. The van der Waals surface area contributed by atoms with E-state index >= 15 is 0 Å². The molecule has 8 nitrogen and oxygen atoms in total. The Hall–Kier alpha value is -3.94. The minimum atomic E-state index is -0.365. The van der Waals surface area contributed by atoms with E-state index in [1.54, 1.807) is 24.0 Å². The minimum Gasteiger partial charge on any atom is -0.497 e. The Kier molecular flexibility index (Phi) is 4.97. The van der Waals surface area contributed by atoms with Gasteiger partial charge in [-0.2, -0.15) is 0 Å². The maximum absolute atomic E-state index is 12.8. The van der Waals surface area contributed by atoms with Crippen LogP contribution in [0, 0.1) is 0 Å². The van der Waals surface area contributed by atoms with E-state index in [0.717, 1.165) is 34.7 Å². The largest absolute Gasteiger partial charge is 0.497 e. The average molecular weight is 429 g/mol. The van der Waals surface area contributed by atoms with Crippen LogP contribution in [0.5, 0.6) is 11.5 Å². The third-order valence-electron chi connectivity index (χ3n) is 5.52. The molecule has 0 fully saturated rings. The lowest BCUT2D eigenvalue weighted by Crippen LogP contribution is -2.27. The van der Waals surface area contributed by atoms with Crippen molar-refractivity contribution in [2.75, 3.05) is 7.11 Å². The van der Waals surface area contributed by atoms with Gasteiger partial charge in [0.1, 0.15) is 23.9 Å². The fourth-order valence-corrected chi connectivity index (χ4v) is 3.82. The fraction of sp³-hybridized carbons (Fsp3) is 0.250. The van der Waals surface area contributed by atoms with Crippen molar-refractivity contribution >= 4 is 11.6 Å². The normalized spacial score (nSPS) is 15.8. The quantitative estimate of drug-likeness (QED) is 0.521. The van der Waals surface area contributed by atoms with E-state index in [9.17, 15) is 4.79 Å². The van der Waals surface area contributed by atoms with Crippen LogP contribution < -0.4 is 14.8 Å². The zero-order valence-electron chi connectivity index (χ0n) is 18.1. The molecule has 4 aromatic rings. The first-order valence-corrected chi connectivity index (χ1v) is 10.5. The third kappa shape index (κ3) is 3.75. The smallest absolute Gasteiger partial charge is 0.251 e. The number of aromatic nitrogens is 4. The van der Waals surface area contributed by atoms with Crippen LogP contribution in [-0.2, 0) is 6.42 Å². The lowest BCUT2D eigenvalue weighted by molar-refractivity contribution is 0.0938. The van der Waals surface area contributed by atoms with E-state index in [-0.39, 0.29) is 18.1 Å². The number of nitrogens with zero attached hydrogens (tertiary/aromatic N) is 4. The van der Waals surface area contributed by atoms with Crippen LogP contribution >= 0.6 is 0 Å². The molecule has 0 spiro atoms. The zero-order valence-corrected chi connectivity index (χ0v) is 18.1. The third-order valence-corrected chi connectivity index (χ3v) is 5.52. The number of benzene rings is 2. The highest BCUT2D eigenvalue weighted by atomic mass is 16.5. The molecule has 2 aromatic heterocycles. The lowest BCUT2D eigenvalue weighted by Gasteiger charge is -2.11. The van der Waals surface area contributed by atoms with Gasteiger partial charge in [-0.05, 0) is 61.9 Å². The predicted octanol–water partition coefficient (Wildman–Crippen LogP) is 3.61. The van der Waals surface area contributed by atoms with Crippen molar-refractivity contribution in [3.63, 3.8) is 0 Å². The molecule has 1 aliphatic rings. The molecular formula is C24H23N5O3. The number of fused-ring (bicyclic) bond motifs is 2. The van der Waals surface area contributed by atoms with Gasteiger partial charge in [-0.1, -0.05) is 0 Å². The molecule has 1 N–H and O–H groups in total. The second-order valence-electron chi connectivity index (χ2n) is 7.93. The molecular weight excluding hydrogens is 406 g/mol. The van der Waals surface area contributed by atoms with Crippen LogP contribution in [0.1, 0.15) is 41.6 Å². The Balaban J connectivity index is 1.34. The SMILES string of the molecule is COc1ccc(-c2cc3nc([C@H](C)NC(=O)c4ccc5c(c4)C[C@@H](C)O5)nn3cn2)cc1. The van der Waals surface area contributed by atoms with Gasteiger partial charge >= 0.3 is 0 Å². The summed E-state index contributed by atoms with van der Waals surface area (Å²) in [5.74, 6) is 1.99. The van der Waals surface area contributed by atoms with Gasteiger partial charge in [0, 0.05) is 23.6 Å². The Labute approximate surface area is 185 Å². The zero-order chi connectivity index (χ0) is 22.2. The van der Waals surface area contributed by atoms with Crippen LogP contribution in [0.15, 0.2) is 54.9 Å². The molecule has 0 saturated carbocycles. The Bertz CT molecular complexity index is 1300. The van der Waals surface area contributed by atoms with Crippen molar-refractivity contribution < 1.29 is 14.3 Å². The molecule has 2 atom stereocenters. The summed E-state index contributed by atoms with van der Waals surface area (Å²) in [6, 6.07) is 14.7. The van der Waals surface area contributed by atoms with Crippen molar-refractivity contribution in [3.8, 4) is 22.8 Å². The summed E-state index contributed by atoms with van der Waals surface area (Å²) in [5.41, 5.74) is 4.05. The van der Waals surface area contributed by atoms with Gasteiger partial charge in [0.15, 0.2) is 11.5 Å². The molecule has 0 unspecified atom stereocenters. The van der Waals surface area contributed by atoms with E-state index in [2.05, 4.69) is 20.4 Å². The molecule has 0 radical (unpaired) electrons. The van der Waals surface area contributed by atoms with E-state index in [1.165, 1.54) is 0 Å². The molecule has 0 saturated heterocycles. The molecule has 3 heterocycles. The Morgan fingerprint density at radius 3 is 2.81 bits per heavy atom. The molecule has 2 aromatic carbocycles. The average Bonchev–Trinajstić information content (AvgIpc) is 3.40. The number of carbonyl (C=O) groups excluding carboxylic acids is 1. The molecule has 1 amide bonds. The Morgan fingerprint density at radius 1 is 1.22 bits per heavy atom. The molecule has 8 heteroatoms. The van der Waals surface area contributed by atoms with Gasteiger partial charge in [-0.25, -0.2) is 14.5 Å². The summed E-state index contributed by atoms with van der Waals surface area (Å²) in [4.78, 5) is 21.9. The number of hydrogen-bond donors (Lipinski definition) is 1. The van der Waals surface area contributed by atoms with Crippen molar-refractivity contribution in [2.45, 2.75) is 32.4 Å². The number of ether oxygens (including phenoxy) is 2. The van der Waals surface area contributed by atoms with Gasteiger partial charge in [-0.15, -0.1) is 5.10 Å². The van der Waals surface area contributed by atoms with E-state index in [0.29, 0.717) is 17.0 Å². The molecule has 32 heavy (non-hydrogen) atoms. The van der Waals surface area contributed by atoms with Crippen LogP contribution in [0.4, 0.5) is 0 Å². The van der Waals surface area contributed by atoms with Crippen molar-refractivity contribution in [1.82, 2.24) is 24.9 Å². The van der Waals surface area contributed by atoms with Crippen LogP contribution in [0.2, 0.25) is 0 Å². The number of hydrogen-bond acceptors (Lipinski definition) is 6. The van der Waals surface area contributed by atoms with Crippen molar-refractivity contribution in [3.05, 3.63) is 71.8 Å². The maximum Gasteiger partial charge on any atom is 0.251 e. The van der Waals surface area contributed by atoms with Crippen LogP contribution in [-0.4, -0.2) is 38.7 Å². The summed E-state index contributed by atoms with van der Waals surface area (Å²) in [6.45, 7) is 3.88. The highest BCUT2D eigenvalue weighted by Gasteiger charge is 2.22. The first-order valence-electron chi connectivity index (χ1n) is 10.5. The molecule has 1 aliphatic heterocycles. The topological polar surface area (TPSA) is 90.6 Å². The lowest BCUT2D eigenvalue weighted by atomic mass is 10.1. The van der Waals surface area contributed by atoms with E-state index in [1.807, 2.05) is 56.3 Å². The van der Waals surface area contributed by atoms with Gasteiger partial charge in [-0.3, -0.25) is 4.79 Å². The summed E-state index contributed by atoms with van der Waals surface area (Å²) in [6.07, 6.45) is 2.58. The van der Waals surface area contributed by atoms with Crippen molar-refractivity contribution in [1.29, 1.82) is 0 Å². The standard InChI is InChI=1S/C24H23N5O3/c1-14-10-18-11-17(6-9-21(18)32-14)24(30)26-15(2)23-27-22-12-20(25-13-29(22)28-23)16-4-7-19(31-3)8-5-16/h4-9,11-15H,10H2,1-3H3,(H,26,30)/t14-,15+/m1/s1. The van der Waals surface area contributed by atoms with Gasteiger partial charge in [0.25, 0.3) is 5.91 Å². The molecule has 5 rings (SSSR count). The second kappa shape index (κ2) is 7.96. The summed E-state index contributed by atoms with van der Waals surface area (Å²) in [5, 5.41) is 7.46. The van der Waals surface area contributed by atoms with Crippen LogP contribution in [0.3, 0.4) is 0 Å². The maximum atomic E-state index is 12.8. The number of carbonyl (C=O) groups is 1. The number of methoxy groups -OCH3 is 1. The molecule has 0 aliphatic carbocycles. The van der Waals surface area contributed by atoms with E-state index < -0.39 is 0 Å². The fourth-order valence-electron chi connectivity index (χ4n) is 3.82. The molecule has 0 bridgehead atoms. The highest BCUT2D eigenvalue weighted by Crippen LogP contribution is 2.29. The first-order chi connectivity index (χ1) is 15.5. The number of nitrogens with one attached hydrogen (secondary N) is 1. The van der Waals surface area contributed by atoms with Crippen molar-refractivity contribution in [2.24, 2.45) is 0 Å². The molecule has 162 valence electrons. The number of rotatable bonds is 5. The number of amides is 1. The second-order valence-corrected chi connectivity index (χ2v) is 7.93. The monoisotopic (exact) mass is 429 g/mol.